The van der Waals surface area contributed by atoms with E-state index in [1.807, 2.05) is 7.05 Å². The molecule has 19 heavy (non-hydrogen) atoms. The number of benzene rings is 1. The molecule has 0 saturated heterocycles. The monoisotopic (exact) mass is 254 g/mol. The van der Waals surface area contributed by atoms with Crippen LogP contribution in [0.5, 0.6) is 0 Å². The van der Waals surface area contributed by atoms with E-state index in [4.69, 9.17) is 4.98 Å². The quantitative estimate of drug-likeness (QED) is 0.850. The molecule has 0 unspecified atom stereocenters. The molecule has 1 aromatic heterocycles. The van der Waals surface area contributed by atoms with Crippen molar-refractivity contribution in [3.63, 3.8) is 0 Å². The van der Waals surface area contributed by atoms with E-state index in [-0.39, 0.29) is 0 Å². The van der Waals surface area contributed by atoms with Gasteiger partial charge >= 0.3 is 0 Å². The molecule has 2 nitrogen and oxygen atoms in total. The van der Waals surface area contributed by atoms with Gasteiger partial charge in [0.1, 0.15) is 0 Å². The summed E-state index contributed by atoms with van der Waals surface area (Å²) in [5.74, 6) is 0.664. The van der Waals surface area contributed by atoms with Gasteiger partial charge in [-0.1, -0.05) is 18.9 Å². The fourth-order valence-electron chi connectivity index (χ4n) is 3.40. The number of nitrogens with zero attached hydrogens (tertiary/aromatic N) is 1. The number of pyridine rings is 1. The highest BCUT2D eigenvalue weighted by atomic mass is 14.8. The molecule has 1 aliphatic carbocycles. The maximum atomic E-state index is 4.95. The van der Waals surface area contributed by atoms with Gasteiger partial charge in [0.25, 0.3) is 0 Å². The van der Waals surface area contributed by atoms with Crippen molar-refractivity contribution >= 4 is 16.6 Å². The third-order valence-electron chi connectivity index (χ3n) is 4.31. The molecule has 2 aromatic rings. The standard InChI is InChI=1S/C17H22N2/c1-11-8-12(2)17-15(18-3)10-14(19-16(17)9-11)13-6-4-5-7-13/h8-10,13H,4-7H2,1-3H3,(H,18,19). The zero-order valence-electron chi connectivity index (χ0n) is 12.1. The highest BCUT2D eigenvalue weighted by Crippen LogP contribution is 2.36. The van der Waals surface area contributed by atoms with Crippen LogP contribution in [0.2, 0.25) is 0 Å². The Morgan fingerprint density at radius 1 is 1.11 bits per heavy atom. The van der Waals surface area contributed by atoms with Gasteiger partial charge in [-0.15, -0.1) is 0 Å². The Morgan fingerprint density at radius 3 is 2.53 bits per heavy atom. The molecule has 1 fully saturated rings. The van der Waals surface area contributed by atoms with Gasteiger partial charge in [0.15, 0.2) is 0 Å². The number of fused-ring (bicyclic) bond motifs is 1. The number of nitrogens with one attached hydrogen (secondary N) is 1. The Bertz CT molecular complexity index is 610. The Balaban J connectivity index is 2.21. The average Bonchev–Trinajstić information content (AvgIpc) is 2.90. The van der Waals surface area contributed by atoms with Crippen LogP contribution in [0, 0.1) is 13.8 Å². The highest BCUT2D eigenvalue weighted by molar-refractivity contribution is 5.94. The molecule has 1 aromatic carbocycles. The third-order valence-corrected chi connectivity index (χ3v) is 4.31. The number of aromatic nitrogens is 1. The molecule has 0 amide bonds. The smallest absolute Gasteiger partial charge is 0.0731 e. The van der Waals surface area contributed by atoms with Crippen LogP contribution in [0.15, 0.2) is 18.2 Å². The summed E-state index contributed by atoms with van der Waals surface area (Å²) in [4.78, 5) is 4.95. The summed E-state index contributed by atoms with van der Waals surface area (Å²) in [5.41, 5.74) is 6.25. The molecular weight excluding hydrogens is 232 g/mol. The van der Waals surface area contributed by atoms with Crippen molar-refractivity contribution in [1.82, 2.24) is 4.98 Å². The average molecular weight is 254 g/mol. The molecule has 1 N–H and O–H groups in total. The van der Waals surface area contributed by atoms with E-state index < -0.39 is 0 Å². The zero-order valence-corrected chi connectivity index (χ0v) is 12.1. The summed E-state index contributed by atoms with van der Waals surface area (Å²) < 4.78 is 0. The zero-order chi connectivity index (χ0) is 13.4. The minimum absolute atomic E-state index is 0.664. The van der Waals surface area contributed by atoms with Gasteiger partial charge in [0.05, 0.1) is 5.52 Å². The molecule has 0 aliphatic heterocycles. The Morgan fingerprint density at radius 2 is 1.84 bits per heavy atom. The van der Waals surface area contributed by atoms with Crippen LogP contribution in [0.3, 0.4) is 0 Å². The van der Waals surface area contributed by atoms with Crippen molar-refractivity contribution in [3.05, 3.63) is 35.0 Å². The molecular formula is C17H22N2. The van der Waals surface area contributed by atoms with Gasteiger partial charge in [-0.05, 0) is 49.9 Å². The lowest BCUT2D eigenvalue weighted by molar-refractivity contribution is 0.701. The predicted octanol–water partition coefficient (Wildman–Crippen LogP) is 4.55. The Kier molecular flexibility index (Phi) is 3.17. The van der Waals surface area contributed by atoms with Gasteiger partial charge in [-0.3, -0.25) is 4.98 Å². The maximum Gasteiger partial charge on any atom is 0.0731 e. The third kappa shape index (κ3) is 2.20. The molecule has 100 valence electrons. The summed E-state index contributed by atoms with van der Waals surface area (Å²) >= 11 is 0. The lowest BCUT2D eigenvalue weighted by atomic mass is 9.99. The van der Waals surface area contributed by atoms with Crippen molar-refractivity contribution in [3.8, 4) is 0 Å². The normalized spacial score (nSPS) is 16.2. The van der Waals surface area contributed by atoms with Crippen LogP contribution in [-0.2, 0) is 0 Å². The molecule has 2 heteroatoms. The van der Waals surface area contributed by atoms with E-state index in [1.54, 1.807) is 0 Å². The SMILES string of the molecule is CNc1cc(C2CCCC2)nc2cc(C)cc(C)c12. The number of anilines is 1. The van der Waals surface area contributed by atoms with Crippen LogP contribution in [0.25, 0.3) is 10.9 Å². The highest BCUT2D eigenvalue weighted by Gasteiger charge is 2.20. The van der Waals surface area contributed by atoms with Crippen LogP contribution >= 0.6 is 0 Å². The molecule has 1 aliphatic rings. The first-order valence-corrected chi connectivity index (χ1v) is 7.28. The summed E-state index contributed by atoms with van der Waals surface area (Å²) in [6.07, 6.45) is 5.30. The lowest BCUT2D eigenvalue weighted by Gasteiger charge is -2.15. The first kappa shape index (κ1) is 12.5. The van der Waals surface area contributed by atoms with E-state index in [1.165, 1.54) is 53.6 Å². The molecule has 3 rings (SSSR count). The van der Waals surface area contributed by atoms with Crippen LogP contribution < -0.4 is 5.32 Å². The second-order valence-corrected chi connectivity index (χ2v) is 5.80. The van der Waals surface area contributed by atoms with Crippen molar-refractivity contribution < 1.29 is 0 Å². The summed E-state index contributed by atoms with van der Waals surface area (Å²) in [6, 6.07) is 6.71. The second-order valence-electron chi connectivity index (χ2n) is 5.80. The van der Waals surface area contributed by atoms with Crippen molar-refractivity contribution in [2.45, 2.75) is 45.4 Å². The van der Waals surface area contributed by atoms with Crippen LogP contribution in [0.1, 0.15) is 48.4 Å². The summed E-state index contributed by atoms with van der Waals surface area (Å²) in [7, 11) is 2.01. The van der Waals surface area contributed by atoms with Crippen molar-refractivity contribution in [2.24, 2.45) is 0 Å². The Labute approximate surface area is 115 Å². The number of aryl methyl sites for hydroxylation is 2. The molecule has 0 atom stereocenters. The van der Waals surface area contributed by atoms with Gasteiger partial charge in [0, 0.05) is 29.7 Å². The molecule has 0 spiro atoms. The summed E-state index contributed by atoms with van der Waals surface area (Å²) in [5, 5.41) is 4.63. The van der Waals surface area contributed by atoms with E-state index in [9.17, 15) is 0 Å². The number of rotatable bonds is 2. The topological polar surface area (TPSA) is 24.9 Å². The first-order chi connectivity index (χ1) is 9.19. The minimum Gasteiger partial charge on any atom is -0.388 e. The largest absolute Gasteiger partial charge is 0.388 e. The van der Waals surface area contributed by atoms with E-state index in [0.717, 1.165) is 5.52 Å². The van der Waals surface area contributed by atoms with Crippen LogP contribution in [-0.4, -0.2) is 12.0 Å². The van der Waals surface area contributed by atoms with Gasteiger partial charge in [-0.25, -0.2) is 0 Å². The number of hydrogen-bond acceptors (Lipinski definition) is 2. The first-order valence-electron chi connectivity index (χ1n) is 7.28. The molecule has 0 radical (unpaired) electrons. The maximum absolute atomic E-state index is 4.95. The van der Waals surface area contributed by atoms with Crippen LogP contribution in [0.4, 0.5) is 5.69 Å². The van der Waals surface area contributed by atoms with Gasteiger partial charge in [0.2, 0.25) is 0 Å². The molecule has 1 saturated carbocycles. The number of hydrogen-bond donors (Lipinski definition) is 1. The lowest BCUT2D eigenvalue weighted by Crippen LogP contribution is -2.01. The van der Waals surface area contributed by atoms with E-state index >= 15 is 0 Å². The second kappa shape index (κ2) is 4.84. The van der Waals surface area contributed by atoms with Crippen molar-refractivity contribution in [2.75, 3.05) is 12.4 Å². The van der Waals surface area contributed by atoms with E-state index in [2.05, 4.69) is 37.4 Å². The van der Waals surface area contributed by atoms with Gasteiger partial charge < -0.3 is 5.32 Å². The minimum atomic E-state index is 0.664. The van der Waals surface area contributed by atoms with E-state index in [0.29, 0.717) is 5.92 Å². The fourth-order valence-corrected chi connectivity index (χ4v) is 3.40. The molecule has 1 heterocycles. The Hall–Kier alpha value is -1.57. The van der Waals surface area contributed by atoms with Crippen molar-refractivity contribution in [1.29, 1.82) is 0 Å². The predicted molar refractivity (Wildman–Crippen MR) is 82.0 cm³/mol. The molecule has 0 bridgehead atoms. The van der Waals surface area contributed by atoms with Gasteiger partial charge in [-0.2, -0.15) is 0 Å². The fraction of sp³-hybridized carbons (Fsp3) is 0.471. The summed E-state index contributed by atoms with van der Waals surface area (Å²) in [6.45, 7) is 4.32.